The summed E-state index contributed by atoms with van der Waals surface area (Å²) in [5.41, 5.74) is 0.183. The predicted octanol–water partition coefficient (Wildman–Crippen LogP) is 2.95. The number of pyridine rings is 1. The molecule has 0 spiro atoms. The molecule has 20 heavy (non-hydrogen) atoms. The second-order valence-electron chi connectivity index (χ2n) is 6.55. The SMILES string of the molecule is COC(C)(C)CNc1nccc(CNC(C)(C)C)c1F. The fourth-order valence-electron chi connectivity index (χ4n) is 1.47. The summed E-state index contributed by atoms with van der Waals surface area (Å²) < 4.78 is 19.6. The van der Waals surface area contributed by atoms with Crippen molar-refractivity contribution in [3.8, 4) is 0 Å². The number of ether oxygens (including phenoxy) is 1. The number of aromatic nitrogens is 1. The van der Waals surface area contributed by atoms with Crippen LogP contribution in [-0.4, -0.2) is 29.8 Å². The van der Waals surface area contributed by atoms with Crippen LogP contribution in [0.5, 0.6) is 0 Å². The number of anilines is 1. The highest BCUT2D eigenvalue weighted by atomic mass is 19.1. The Hall–Kier alpha value is -1.20. The monoisotopic (exact) mass is 283 g/mol. The molecule has 2 N–H and O–H groups in total. The first kappa shape index (κ1) is 16.9. The first-order valence-corrected chi connectivity index (χ1v) is 6.82. The Bertz CT molecular complexity index is 441. The van der Waals surface area contributed by atoms with Gasteiger partial charge in [-0.1, -0.05) is 0 Å². The highest BCUT2D eigenvalue weighted by Crippen LogP contribution is 2.17. The van der Waals surface area contributed by atoms with Crippen molar-refractivity contribution in [2.24, 2.45) is 0 Å². The van der Waals surface area contributed by atoms with Gasteiger partial charge in [-0.05, 0) is 40.7 Å². The lowest BCUT2D eigenvalue weighted by Gasteiger charge is -2.24. The number of halogens is 1. The van der Waals surface area contributed by atoms with Crippen LogP contribution in [0.3, 0.4) is 0 Å². The minimum atomic E-state index is -0.367. The molecule has 0 aliphatic heterocycles. The average molecular weight is 283 g/mol. The molecular formula is C15H26FN3O. The number of rotatable bonds is 6. The van der Waals surface area contributed by atoms with Crippen LogP contribution in [-0.2, 0) is 11.3 Å². The summed E-state index contributed by atoms with van der Waals surface area (Å²) in [6.07, 6.45) is 1.62. The number of nitrogens with one attached hydrogen (secondary N) is 2. The zero-order valence-corrected chi connectivity index (χ0v) is 13.3. The first-order chi connectivity index (χ1) is 9.14. The van der Waals surface area contributed by atoms with E-state index in [0.29, 0.717) is 18.7 Å². The second-order valence-corrected chi connectivity index (χ2v) is 6.55. The van der Waals surface area contributed by atoms with Crippen LogP contribution in [0.25, 0.3) is 0 Å². The molecule has 0 unspecified atom stereocenters. The van der Waals surface area contributed by atoms with E-state index in [-0.39, 0.29) is 22.8 Å². The lowest BCUT2D eigenvalue weighted by molar-refractivity contribution is 0.0342. The minimum absolute atomic E-state index is 0.0542. The molecule has 0 amide bonds. The lowest BCUT2D eigenvalue weighted by Crippen LogP contribution is -2.35. The Balaban J connectivity index is 2.75. The van der Waals surface area contributed by atoms with E-state index >= 15 is 0 Å². The van der Waals surface area contributed by atoms with Gasteiger partial charge >= 0.3 is 0 Å². The standard InChI is InChI=1S/C15H26FN3O/c1-14(2,3)19-9-11-7-8-17-13(12(11)16)18-10-15(4,5)20-6/h7-8,19H,9-10H2,1-6H3,(H,17,18). The quantitative estimate of drug-likeness (QED) is 0.842. The zero-order chi connectivity index (χ0) is 15.4. The minimum Gasteiger partial charge on any atom is -0.377 e. The van der Waals surface area contributed by atoms with Crippen LogP contribution in [0.2, 0.25) is 0 Å². The van der Waals surface area contributed by atoms with Crippen molar-refractivity contribution in [2.45, 2.75) is 52.3 Å². The van der Waals surface area contributed by atoms with Crippen molar-refractivity contribution >= 4 is 5.82 Å². The lowest BCUT2D eigenvalue weighted by atomic mass is 10.1. The number of nitrogens with zero attached hydrogens (tertiary/aromatic N) is 1. The summed E-state index contributed by atoms with van der Waals surface area (Å²) in [5, 5.41) is 6.27. The number of hydrogen-bond donors (Lipinski definition) is 2. The Morgan fingerprint density at radius 3 is 2.45 bits per heavy atom. The topological polar surface area (TPSA) is 46.2 Å². The van der Waals surface area contributed by atoms with Gasteiger partial charge in [0, 0.05) is 37.5 Å². The Kier molecular flexibility index (Phi) is 5.48. The molecule has 5 heteroatoms. The highest BCUT2D eigenvalue weighted by Gasteiger charge is 2.18. The van der Waals surface area contributed by atoms with E-state index in [4.69, 9.17) is 4.74 Å². The van der Waals surface area contributed by atoms with Crippen LogP contribution in [0.1, 0.15) is 40.2 Å². The van der Waals surface area contributed by atoms with Crippen molar-refractivity contribution < 1.29 is 9.13 Å². The second kappa shape index (κ2) is 6.50. The molecule has 1 aromatic rings. The van der Waals surface area contributed by atoms with E-state index in [0.717, 1.165) is 0 Å². The van der Waals surface area contributed by atoms with E-state index in [1.165, 1.54) is 0 Å². The maximum Gasteiger partial charge on any atom is 0.169 e. The molecule has 0 bridgehead atoms. The van der Waals surface area contributed by atoms with Gasteiger partial charge in [-0.3, -0.25) is 0 Å². The van der Waals surface area contributed by atoms with E-state index in [2.05, 4.69) is 15.6 Å². The van der Waals surface area contributed by atoms with Gasteiger partial charge in [-0.15, -0.1) is 0 Å². The van der Waals surface area contributed by atoms with Crippen LogP contribution < -0.4 is 10.6 Å². The molecule has 1 rings (SSSR count). The summed E-state index contributed by atoms with van der Waals surface area (Å²) in [7, 11) is 1.63. The number of methoxy groups -OCH3 is 1. The largest absolute Gasteiger partial charge is 0.377 e. The van der Waals surface area contributed by atoms with Gasteiger partial charge in [0.05, 0.1) is 5.60 Å². The maximum atomic E-state index is 14.3. The first-order valence-electron chi connectivity index (χ1n) is 6.82. The van der Waals surface area contributed by atoms with Crippen molar-refractivity contribution in [2.75, 3.05) is 19.0 Å². The molecule has 1 aromatic heterocycles. The summed E-state index contributed by atoms with van der Waals surface area (Å²) >= 11 is 0. The number of hydrogen-bond acceptors (Lipinski definition) is 4. The van der Waals surface area contributed by atoms with Crippen molar-refractivity contribution in [3.05, 3.63) is 23.6 Å². The van der Waals surface area contributed by atoms with Crippen LogP contribution in [0, 0.1) is 5.82 Å². The smallest absolute Gasteiger partial charge is 0.169 e. The van der Waals surface area contributed by atoms with E-state index in [1.54, 1.807) is 19.4 Å². The van der Waals surface area contributed by atoms with Gasteiger partial charge in [-0.2, -0.15) is 0 Å². The molecule has 0 saturated heterocycles. The molecule has 0 saturated carbocycles. The maximum absolute atomic E-state index is 14.3. The molecule has 1 heterocycles. The van der Waals surface area contributed by atoms with E-state index in [9.17, 15) is 4.39 Å². The normalized spacial score (nSPS) is 12.6. The molecule has 0 aliphatic carbocycles. The molecule has 0 aromatic carbocycles. The Morgan fingerprint density at radius 2 is 1.90 bits per heavy atom. The molecule has 0 radical (unpaired) electrons. The molecule has 0 aliphatic rings. The highest BCUT2D eigenvalue weighted by molar-refractivity contribution is 5.40. The average Bonchev–Trinajstić information content (AvgIpc) is 2.35. The molecule has 0 fully saturated rings. The van der Waals surface area contributed by atoms with Gasteiger partial charge in [0.2, 0.25) is 0 Å². The third-order valence-electron chi connectivity index (χ3n) is 3.01. The molecule has 114 valence electrons. The molecular weight excluding hydrogens is 257 g/mol. The van der Waals surface area contributed by atoms with Gasteiger partial charge in [0.25, 0.3) is 0 Å². The van der Waals surface area contributed by atoms with Crippen LogP contribution in [0.15, 0.2) is 12.3 Å². The van der Waals surface area contributed by atoms with Crippen molar-refractivity contribution in [3.63, 3.8) is 0 Å². The summed E-state index contributed by atoms with van der Waals surface area (Å²) in [6, 6.07) is 1.70. The van der Waals surface area contributed by atoms with Gasteiger partial charge in [0.1, 0.15) is 0 Å². The summed E-state index contributed by atoms with van der Waals surface area (Å²) in [4.78, 5) is 4.05. The van der Waals surface area contributed by atoms with Gasteiger partial charge < -0.3 is 15.4 Å². The zero-order valence-electron chi connectivity index (χ0n) is 13.3. The van der Waals surface area contributed by atoms with Gasteiger partial charge in [-0.25, -0.2) is 9.37 Å². The van der Waals surface area contributed by atoms with Crippen molar-refractivity contribution in [1.29, 1.82) is 0 Å². The van der Waals surface area contributed by atoms with E-state index < -0.39 is 0 Å². The molecule has 4 nitrogen and oxygen atoms in total. The van der Waals surface area contributed by atoms with Crippen LogP contribution >= 0.6 is 0 Å². The third-order valence-corrected chi connectivity index (χ3v) is 3.01. The molecule has 0 atom stereocenters. The fourth-order valence-corrected chi connectivity index (χ4v) is 1.47. The summed E-state index contributed by atoms with van der Waals surface area (Å²) in [5.74, 6) is -0.0421. The predicted molar refractivity (Wildman–Crippen MR) is 80.4 cm³/mol. The Morgan fingerprint density at radius 1 is 1.25 bits per heavy atom. The Labute approximate surface area is 121 Å². The fraction of sp³-hybridized carbons (Fsp3) is 0.667. The van der Waals surface area contributed by atoms with Crippen molar-refractivity contribution in [1.82, 2.24) is 10.3 Å². The van der Waals surface area contributed by atoms with E-state index in [1.807, 2.05) is 34.6 Å². The van der Waals surface area contributed by atoms with Crippen LogP contribution in [0.4, 0.5) is 10.2 Å². The summed E-state index contributed by atoms with van der Waals surface area (Å²) in [6.45, 7) is 11.0. The van der Waals surface area contributed by atoms with Gasteiger partial charge in [0.15, 0.2) is 11.6 Å². The third kappa shape index (κ3) is 5.43.